The lowest BCUT2D eigenvalue weighted by molar-refractivity contribution is -0.0343. The van der Waals surface area contributed by atoms with E-state index in [9.17, 15) is 19.8 Å². The Kier molecular flexibility index (Phi) is 23.4. The SMILES string of the molecule is CC(C)C[Si]12O[Si]3(CCCN(CC(O)COc4ccc(C(=O)c5ccccc5)cc4)CC(O)COc4ccc(C(=O)c5ccccc5)cc4)O[Si]4(CC(C)C)O[Si](CC(C)C)(O1)O[Si]1(CC(C)C)O[Si](CC(C)C)(O2)O[Si](CC(C)C)(O3)O[Si](CC(C)C)(O4)O1. The highest BCUT2D eigenvalue weighted by molar-refractivity contribution is 7.03. The molecule has 4 aromatic rings. The van der Waals surface area contributed by atoms with Gasteiger partial charge >= 0.3 is 70.4 Å². The number of carbonyl (C=O) groups is 2. The molecule has 2 atom stereocenters. The number of ketones is 2. The molecule has 10 rings (SSSR count). The van der Waals surface area contributed by atoms with E-state index >= 15 is 0 Å². The topological polar surface area (TPSA) is 207 Å². The number of benzene rings is 4. The van der Waals surface area contributed by atoms with Crippen molar-refractivity contribution >= 4 is 82.0 Å². The smallest absolute Gasteiger partial charge is 0.479 e. The first-order chi connectivity index (χ1) is 42.5. The maximum Gasteiger partial charge on any atom is 0.479 e. The predicted octanol–water partition coefficient (Wildman–Crippen LogP) is 12.4. The lowest BCUT2D eigenvalue weighted by atomic mass is 10.0. The van der Waals surface area contributed by atoms with Gasteiger partial charge in [-0.05, 0) is 103 Å². The van der Waals surface area contributed by atoms with Gasteiger partial charge in [-0.25, -0.2) is 0 Å². The van der Waals surface area contributed by atoms with Crippen LogP contribution in [0.2, 0.25) is 48.4 Å². The molecule has 0 spiro atoms. The summed E-state index contributed by atoms with van der Waals surface area (Å²) in [6.45, 7) is 30.1. The highest BCUT2D eigenvalue weighted by atomic mass is 28.6. The standard InChI is InChI=1S/C63H99NO18Si8/c1-47(2)40-84-71-83(35-21-34-64(36-58(65)38-69-60-30-26-56(27-31-60)62(67)54-22-17-15-18-23-54)37-59(66)39-70-61-32-28-57(29-33-61)63(68)55-24-19-16-20-25-55)72-85(41-48(3)4)76-87(74-84,43-50(7)8)80-90(46-53(13)14)81-88(75-84,44-51(9)10)77-86(73-83,42-49(5)6)79-89(78-85,82-90)45-52(11)12/h15-20,22-33,47-53,58-59,65-66H,21,34-46H2,1-14H3. The Morgan fingerprint density at radius 1 is 0.356 bits per heavy atom. The average Bonchev–Trinajstić information content (AvgIpc) is 0.687. The predicted molar refractivity (Wildman–Crippen MR) is 358 cm³/mol. The number of hydrogen-bond acceptors (Lipinski definition) is 19. The van der Waals surface area contributed by atoms with E-state index in [2.05, 4.69) is 96.9 Å². The molecule has 8 bridgehead atoms. The maximum absolute atomic E-state index is 13.2. The first kappa shape index (κ1) is 71.3. The third-order valence-electron chi connectivity index (χ3n) is 15.4. The zero-order valence-electron chi connectivity index (χ0n) is 55.4. The van der Waals surface area contributed by atoms with Crippen molar-refractivity contribution in [3.05, 3.63) is 131 Å². The Hall–Kier alpha value is -3.04. The number of aliphatic hydroxyl groups excluding tert-OH is 2. The monoisotopic (exact) mass is 1380 g/mol. The van der Waals surface area contributed by atoms with Gasteiger partial charge in [0.05, 0.1) is 0 Å². The van der Waals surface area contributed by atoms with Crippen LogP contribution in [0.5, 0.6) is 11.5 Å². The highest BCUT2D eigenvalue weighted by Crippen LogP contribution is 2.56. The fourth-order valence-corrected chi connectivity index (χ4v) is 64.2. The largest absolute Gasteiger partial charge is 0.491 e. The summed E-state index contributed by atoms with van der Waals surface area (Å²) in [5, 5.41) is 23.9. The second kappa shape index (κ2) is 29.5. The van der Waals surface area contributed by atoms with Crippen LogP contribution in [0, 0.1) is 41.4 Å². The molecule has 6 aliphatic rings. The fourth-order valence-electron chi connectivity index (χ4n) is 12.7. The number of ether oxygens (including phenoxy) is 2. The molecule has 6 heterocycles. The van der Waals surface area contributed by atoms with E-state index < -0.39 is 82.6 Å². The van der Waals surface area contributed by atoms with Gasteiger partial charge in [-0.1, -0.05) is 158 Å². The Bertz CT molecular complexity index is 2730. The molecule has 6 aliphatic heterocycles. The second-order valence-corrected chi connectivity index (χ2v) is 52.2. The van der Waals surface area contributed by atoms with Crippen LogP contribution in [0.1, 0.15) is 135 Å². The summed E-state index contributed by atoms with van der Waals surface area (Å²) in [6, 6.07) is 34.7. The summed E-state index contributed by atoms with van der Waals surface area (Å²) in [4.78, 5) is 28.4. The van der Waals surface area contributed by atoms with E-state index in [1.807, 2.05) is 41.3 Å². The van der Waals surface area contributed by atoms with Crippen molar-refractivity contribution in [2.75, 3.05) is 32.8 Å². The zero-order valence-corrected chi connectivity index (χ0v) is 63.4. The summed E-state index contributed by atoms with van der Waals surface area (Å²) in [6.07, 6.45) is -1.73. The molecular formula is C63H99NO18Si8. The van der Waals surface area contributed by atoms with Crippen molar-refractivity contribution in [3.63, 3.8) is 0 Å². The molecule has 496 valence electrons. The quantitative estimate of drug-likeness (QED) is 0.0344. The van der Waals surface area contributed by atoms with E-state index in [0.717, 1.165) is 0 Å². The molecule has 2 N–H and O–H groups in total. The van der Waals surface area contributed by atoms with Gasteiger partial charge in [-0.3, -0.25) is 14.5 Å². The summed E-state index contributed by atoms with van der Waals surface area (Å²) in [7, 11) is -33.5. The lowest BCUT2D eigenvalue weighted by Gasteiger charge is -2.64. The summed E-state index contributed by atoms with van der Waals surface area (Å²) in [5.41, 5.74) is 2.18. The summed E-state index contributed by atoms with van der Waals surface area (Å²) in [5.74, 6) is 0.782. The van der Waals surface area contributed by atoms with Gasteiger partial charge in [0.1, 0.15) is 36.9 Å². The molecule has 27 heteroatoms. The van der Waals surface area contributed by atoms with Crippen LogP contribution in [0.3, 0.4) is 0 Å². The van der Waals surface area contributed by atoms with E-state index in [1.54, 1.807) is 72.8 Å². The lowest BCUT2D eigenvalue weighted by Crippen LogP contribution is -2.88. The summed E-state index contributed by atoms with van der Waals surface area (Å²) >= 11 is 0. The van der Waals surface area contributed by atoms with Gasteiger partial charge in [-0.15, -0.1) is 0 Å². The van der Waals surface area contributed by atoms with Crippen LogP contribution in [0.25, 0.3) is 0 Å². The van der Waals surface area contributed by atoms with Crippen LogP contribution >= 0.6 is 0 Å². The Labute approximate surface area is 543 Å². The number of nitrogens with zero attached hydrogens (tertiary/aromatic N) is 1. The van der Waals surface area contributed by atoms with E-state index in [0.29, 0.717) is 89.0 Å². The van der Waals surface area contributed by atoms with Crippen molar-refractivity contribution in [1.29, 1.82) is 0 Å². The van der Waals surface area contributed by atoms with Gasteiger partial charge in [0, 0.05) is 83.7 Å². The van der Waals surface area contributed by atoms with Crippen molar-refractivity contribution in [2.24, 2.45) is 41.4 Å². The molecule has 4 aromatic carbocycles. The number of carbonyl (C=O) groups excluding carboxylic acids is 2. The van der Waals surface area contributed by atoms with Crippen molar-refractivity contribution in [1.82, 2.24) is 4.90 Å². The summed E-state index contributed by atoms with van der Waals surface area (Å²) < 4.78 is 108. The Morgan fingerprint density at radius 2 is 0.589 bits per heavy atom. The highest BCUT2D eigenvalue weighted by Gasteiger charge is 2.83. The molecule has 6 fully saturated rings. The van der Waals surface area contributed by atoms with Crippen molar-refractivity contribution in [2.45, 2.75) is 164 Å². The molecule has 0 amide bonds. The minimum absolute atomic E-state index is 0.0185. The molecule has 0 saturated carbocycles. The maximum atomic E-state index is 13.2. The molecule has 19 nitrogen and oxygen atoms in total. The van der Waals surface area contributed by atoms with Crippen molar-refractivity contribution in [3.8, 4) is 11.5 Å². The molecular weight excluding hydrogens is 1280 g/mol. The fraction of sp³-hybridized carbons (Fsp3) is 0.587. The molecule has 0 aliphatic carbocycles. The van der Waals surface area contributed by atoms with Gasteiger partial charge in [0.2, 0.25) is 0 Å². The van der Waals surface area contributed by atoms with Crippen LogP contribution in [-0.4, -0.2) is 142 Å². The first-order valence-electron chi connectivity index (χ1n) is 32.6. The van der Waals surface area contributed by atoms with Gasteiger partial charge < -0.3 is 69.1 Å². The molecule has 6 saturated heterocycles. The minimum atomic E-state index is -4.37. The number of rotatable bonds is 32. The number of hydrogen-bond donors (Lipinski definition) is 2. The third kappa shape index (κ3) is 18.3. The van der Waals surface area contributed by atoms with E-state index in [1.165, 1.54) is 0 Å². The zero-order chi connectivity index (χ0) is 64.9. The van der Waals surface area contributed by atoms with Crippen LogP contribution in [0.15, 0.2) is 109 Å². The van der Waals surface area contributed by atoms with E-state index in [-0.39, 0.29) is 85.3 Å². The average molecular weight is 1380 g/mol. The second-order valence-electron chi connectivity index (χ2n) is 28.1. The van der Waals surface area contributed by atoms with Gasteiger partial charge in [0.15, 0.2) is 11.6 Å². The normalized spacial score (nSPS) is 29.7. The molecule has 0 radical (unpaired) electrons. The molecule has 2 unspecified atom stereocenters. The van der Waals surface area contributed by atoms with Gasteiger partial charge in [0.25, 0.3) is 0 Å². The minimum Gasteiger partial charge on any atom is -0.491 e. The number of aliphatic hydroxyl groups is 2. The Balaban J connectivity index is 1.08. The van der Waals surface area contributed by atoms with Crippen LogP contribution in [-0.2, 0) is 49.4 Å². The molecule has 0 aromatic heterocycles. The third-order valence-corrected chi connectivity index (χ3v) is 55.5. The van der Waals surface area contributed by atoms with Crippen molar-refractivity contribution < 1.29 is 78.7 Å². The Morgan fingerprint density at radius 3 is 0.833 bits per heavy atom. The first-order valence-corrected chi connectivity index (χ1v) is 48.1. The van der Waals surface area contributed by atoms with Crippen LogP contribution < -0.4 is 9.47 Å². The molecule has 90 heavy (non-hydrogen) atoms. The van der Waals surface area contributed by atoms with E-state index in [4.69, 9.17) is 58.9 Å². The van der Waals surface area contributed by atoms with Gasteiger partial charge in [-0.2, -0.15) is 0 Å². The van der Waals surface area contributed by atoms with Crippen LogP contribution in [0.4, 0.5) is 0 Å².